The van der Waals surface area contributed by atoms with Crippen LogP contribution in [-0.2, 0) is 0 Å². The normalized spacial score (nSPS) is 10.6. The number of hydrogen-bond donors (Lipinski definition) is 1. The number of phenols is 1. The van der Waals surface area contributed by atoms with E-state index >= 15 is 0 Å². The van der Waals surface area contributed by atoms with Gasteiger partial charge in [0.1, 0.15) is 17.2 Å². The van der Waals surface area contributed by atoms with Crippen molar-refractivity contribution in [1.29, 1.82) is 0 Å². The molecule has 0 radical (unpaired) electrons. The third-order valence-corrected chi connectivity index (χ3v) is 3.74. The molecular weight excluding hydrogens is 314 g/mol. The molecule has 3 aromatic carbocycles. The van der Waals surface area contributed by atoms with Crippen LogP contribution in [0.25, 0.3) is 22.8 Å². The predicted octanol–water partition coefficient (Wildman–Crippen LogP) is 5.51. The molecule has 0 aliphatic rings. The van der Waals surface area contributed by atoms with Gasteiger partial charge in [-0.3, -0.25) is 0 Å². The SMILES string of the molecule is Oc1ccc(Oc2ccc(-c3cnc(-c4ccccc4)o3)cc2)cc1. The average molecular weight is 329 g/mol. The second-order valence-corrected chi connectivity index (χ2v) is 5.52. The summed E-state index contributed by atoms with van der Waals surface area (Å²) in [7, 11) is 0. The van der Waals surface area contributed by atoms with Crippen molar-refractivity contribution >= 4 is 0 Å². The molecule has 25 heavy (non-hydrogen) atoms. The summed E-state index contributed by atoms with van der Waals surface area (Å²) in [6.07, 6.45) is 1.72. The van der Waals surface area contributed by atoms with Crippen LogP contribution in [0.4, 0.5) is 0 Å². The summed E-state index contributed by atoms with van der Waals surface area (Å²) in [5.74, 6) is 2.88. The summed E-state index contributed by atoms with van der Waals surface area (Å²) in [6, 6.07) is 24.0. The molecule has 0 aliphatic heterocycles. The van der Waals surface area contributed by atoms with Crippen molar-refractivity contribution in [2.24, 2.45) is 0 Å². The lowest BCUT2D eigenvalue weighted by Gasteiger charge is -2.06. The van der Waals surface area contributed by atoms with Crippen LogP contribution in [0.2, 0.25) is 0 Å². The number of rotatable bonds is 4. The molecular formula is C21H15NO3. The van der Waals surface area contributed by atoms with E-state index in [0.29, 0.717) is 23.1 Å². The molecule has 122 valence electrons. The van der Waals surface area contributed by atoms with Gasteiger partial charge in [-0.1, -0.05) is 18.2 Å². The van der Waals surface area contributed by atoms with Gasteiger partial charge in [0, 0.05) is 11.1 Å². The van der Waals surface area contributed by atoms with E-state index in [0.717, 1.165) is 11.1 Å². The first-order valence-corrected chi connectivity index (χ1v) is 7.86. The molecule has 0 fully saturated rings. The molecule has 0 saturated carbocycles. The Kier molecular flexibility index (Phi) is 3.92. The molecule has 1 heterocycles. The van der Waals surface area contributed by atoms with E-state index in [1.165, 1.54) is 0 Å². The lowest BCUT2D eigenvalue weighted by atomic mass is 10.2. The molecule has 0 atom stereocenters. The van der Waals surface area contributed by atoms with Crippen LogP contribution in [0.3, 0.4) is 0 Å². The van der Waals surface area contributed by atoms with Crippen molar-refractivity contribution in [1.82, 2.24) is 4.98 Å². The summed E-state index contributed by atoms with van der Waals surface area (Å²) >= 11 is 0. The van der Waals surface area contributed by atoms with Crippen LogP contribution in [0.5, 0.6) is 17.2 Å². The first-order valence-electron chi connectivity index (χ1n) is 7.86. The minimum Gasteiger partial charge on any atom is -0.508 e. The van der Waals surface area contributed by atoms with E-state index in [9.17, 15) is 5.11 Å². The van der Waals surface area contributed by atoms with Gasteiger partial charge in [-0.05, 0) is 60.7 Å². The number of aromatic nitrogens is 1. The van der Waals surface area contributed by atoms with E-state index in [1.807, 2.05) is 54.6 Å². The smallest absolute Gasteiger partial charge is 0.226 e. The van der Waals surface area contributed by atoms with E-state index < -0.39 is 0 Å². The Morgan fingerprint density at radius 2 is 1.36 bits per heavy atom. The van der Waals surface area contributed by atoms with Crippen LogP contribution in [-0.4, -0.2) is 10.1 Å². The van der Waals surface area contributed by atoms with E-state index in [1.54, 1.807) is 30.5 Å². The zero-order chi connectivity index (χ0) is 17.1. The Bertz CT molecular complexity index is 958. The van der Waals surface area contributed by atoms with Crippen LogP contribution < -0.4 is 4.74 Å². The molecule has 0 unspecified atom stereocenters. The average Bonchev–Trinajstić information content (AvgIpc) is 3.15. The van der Waals surface area contributed by atoms with Gasteiger partial charge in [-0.15, -0.1) is 0 Å². The van der Waals surface area contributed by atoms with Crippen LogP contribution in [0.1, 0.15) is 0 Å². The predicted molar refractivity (Wildman–Crippen MR) is 95.6 cm³/mol. The topological polar surface area (TPSA) is 55.5 Å². The quantitative estimate of drug-likeness (QED) is 0.536. The number of benzene rings is 3. The molecule has 0 bridgehead atoms. The largest absolute Gasteiger partial charge is 0.508 e. The third kappa shape index (κ3) is 3.38. The standard InChI is InChI=1S/C21H15NO3/c23-17-8-12-19(13-9-17)24-18-10-6-15(7-11-18)20-14-22-21(25-20)16-4-2-1-3-5-16/h1-14,23H. The highest BCUT2D eigenvalue weighted by molar-refractivity contribution is 5.61. The number of ether oxygens (including phenoxy) is 1. The second-order valence-electron chi connectivity index (χ2n) is 5.52. The first-order chi connectivity index (χ1) is 12.3. The Labute approximate surface area is 145 Å². The minimum absolute atomic E-state index is 0.210. The zero-order valence-corrected chi connectivity index (χ0v) is 13.3. The Balaban J connectivity index is 1.52. The van der Waals surface area contributed by atoms with Crippen molar-refractivity contribution < 1.29 is 14.3 Å². The van der Waals surface area contributed by atoms with Crippen molar-refractivity contribution in [3.63, 3.8) is 0 Å². The van der Waals surface area contributed by atoms with E-state index in [2.05, 4.69) is 4.98 Å². The lowest BCUT2D eigenvalue weighted by molar-refractivity contribution is 0.464. The number of aromatic hydroxyl groups is 1. The van der Waals surface area contributed by atoms with Crippen molar-refractivity contribution in [2.45, 2.75) is 0 Å². The Hall–Kier alpha value is -3.53. The van der Waals surface area contributed by atoms with Gasteiger partial charge in [-0.25, -0.2) is 4.98 Å². The number of oxazole rings is 1. The lowest BCUT2D eigenvalue weighted by Crippen LogP contribution is -1.83. The highest BCUT2D eigenvalue weighted by Gasteiger charge is 2.08. The maximum atomic E-state index is 9.30. The van der Waals surface area contributed by atoms with Gasteiger partial charge >= 0.3 is 0 Å². The molecule has 4 nitrogen and oxygen atoms in total. The fraction of sp³-hybridized carbons (Fsp3) is 0. The van der Waals surface area contributed by atoms with Gasteiger partial charge in [0.25, 0.3) is 0 Å². The molecule has 0 aliphatic carbocycles. The second kappa shape index (κ2) is 6.53. The van der Waals surface area contributed by atoms with Crippen molar-refractivity contribution in [3.05, 3.63) is 85.1 Å². The fourth-order valence-electron chi connectivity index (χ4n) is 2.46. The number of phenolic OH excluding ortho intramolecular Hbond substituents is 1. The van der Waals surface area contributed by atoms with E-state index in [4.69, 9.17) is 9.15 Å². The van der Waals surface area contributed by atoms with Crippen LogP contribution in [0, 0.1) is 0 Å². The fourth-order valence-corrected chi connectivity index (χ4v) is 2.46. The van der Waals surface area contributed by atoms with Crippen molar-refractivity contribution in [2.75, 3.05) is 0 Å². The maximum Gasteiger partial charge on any atom is 0.226 e. The highest BCUT2D eigenvalue weighted by Crippen LogP contribution is 2.29. The summed E-state index contributed by atoms with van der Waals surface area (Å²) in [5.41, 5.74) is 1.87. The summed E-state index contributed by atoms with van der Waals surface area (Å²) in [6.45, 7) is 0. The zero-order valence-electron chi connectivity index (χ0n) is 13.3. The molecule has 4 rings (SSSR count). The number of hydrogen-bond acceptors (Lipinski definition) is 4. The molecule has 4 heteroatoms. The van der Waals surface area contributed by atoms with Crippen LogP contribution >= 0.6 is 0 Å². The molecule has 1 aromatic heterocycles. The highest BCUT2D eigenvalue weighted by atomic mass is 16.5. The first kappa shape index (κ1) is 15.0. The molecule has 0 amide bonds. The maximum absolute atomic E-state index is 9.30. The van der Waals surface area contributed by atoms with Gasteiger partial charge in [0.2, 0.25) is 5.89 Å². The van der Waals surface area contributed by atoms with Gasteiger partial charge in [0.05, 0.1) is 6.20 Å². The summed E-state index contributed by atoms with van der Waals surface area (Å²) < 4.78 is 11.6. The molecule has 1 N–H and O–H groups in total. The van der Waals surface area contributed by atoms with E-state index in [-0.39, 0.29) is 5.75 Å². The van der Waals surface area contributed by atoms with Crippen molar-refractivity contribution in [3.8, 4) is 40.0 Å². The Morgan fingerprint density at radius 3 is 2.04 bits per heavy atom. The Morgan fingerprint density at radius 1 is 0.720 bits per heavy atom. The molecule has 0 saturated heterocycles. The summed E-state index contributed by atoms with van der Waals surface area (Å²) in [4.78, 5) is 4.34. The van der Waals surface area contributed by atoms with Crippen LogP contribution in [0.15, 0.2) is 89.5 Å². The number of nitrogens with zero attached hydrogens (tertiary/aromatic N) is 1. The minimum atomic E-state index is 0.210. The van der Waals surface area contributed by atoms with Gasteiger partial charge in [0.15, 0.2) is 5.76 Å². The van der Waals surface area contributed by atoms with Gasteiger partial charge in [-0.2, -0.15) is 0 Å². The molecule has 0 spiro atoms. The monoisotopic (exact) mass is 329 g/mol. The van der Waals surface area contributed by atoms with Gasteiger partial charge < -0.3 is 14.3 Å². The molecule has 4 aromatic rings. The third-order valence-electron chi connectivity index (χ3n) is 3.74. The summed E-state index contributed by atoms with van der Waals surface area (Å²) in [5, 5.41) is 9.30.